The monoisotopic (exact) mass is 375 g/mol. The molecule has 0 bridgehead atoms. The van der Waals surface area contributed by atoms with E-state index in [9.17, 15) is 0 Å². The Morgan fingerprint density at radius 3 is 1.89 bits per heavy atom. The zero-order valence-corrected chi connectivity index (χ0v) is 18.1. The number of nitrogens with zero attached hydrogens (tertiary/aromatic N) is 1. The molecule has 4 rings (SSSR count). The van der Waals surface area contributed by atoms with Crippen LogP contribution >= 0.6 is 0 Å². The van der Waals surface area contributed by atoms with Crippen molar-refractivity contribution in [2.45, 2.75) is 54.0 Å². The van der Waals surface area contributed by atoms with Gasteiger partial charge in [-0.2, -0.15) is 0 Å². The Labute approximate surface area is 170 Å². The van der Waals surface area contributed by atoms with Crippen molar-refractivity contribution >= 4 is 5.69 Å². The summed E-state index contributed by atoms with van der Waals surface area (Å²) in [6.45, 7) is 15.2. The van der Waals surface area contributed by atoms with Crippen LogP contribution in [0, 0.1) is 16.2 Å². The van der Waals surface area contributed by atoms with Gasteiger partial charge in [0.2, 0.25) is 0 Å². The fourth-order valence-corrected chi connectivity index (χ4v) is 5.19. The first-order chi connectivity index (χ1) is 13.2. The van der Waals surface area contributed by atoms with E-state index in [2.05, 4.69) is 107 Å². The van der Waals surface area contributed by atoms with Crippen molar-refractivity contribution in [2.75, 3.05) is 11.7 Å². The first-order valence-electron chi connectivity index (χ1n) is 10.4. The maximum Gasteiger partial charge on any atom is 0.0968 e. The molecule has 2 aromatic rings. The van der Waals surface area contributed by atoms with Crippen molar-refractivity contribution in [3.63, 3.8) is 0 Å². The van der Waals surface area contributed by atoms with Gasteiger partial charge in [0.25, 0.3) is 0 Å². The number of hydroxylamine groups is 1. The smallest absolute Gasteiger partial charge is 0.0968 e. The molecule has 0 radical (unpaired) electrons. The summed E-state index contributed by atoms with van der Waals surface area (Å²) < 4.78 is 0. The lowest BCUT2D eigenvalue weighted by molar-refractivity contribution is 0.0349. The Balaban J connectivity index is 1.84. The minimum atomic E-state index is 0.0970. The third-order valence-electron chi connectivity index (χ3n) is 8.22. The predicted octanol–water partition coefficient (Wildman–Crippen LogP) is 6.96. The van der Waals surface area contributed by atoms with Crippen molar-refractivity contribution in [2.24, 2.45) is 16.2 Å². The first-order valence-corrected chi connectivity index (χ1v) is 10.4. The quantitative estimate of drug-likeness (QED) is 0.526. The van der Waals surface area contributed by atoms with E-state index in [1.807, 2.05) is 0 Å². The van der Waals surface area contributed by atoms with E-state index in [4.69, 9.17) is 4.84 Å². The van der Waals surface area contributed by atoms with Crippen LogP contribution in [0.4, 0.5) is 5.69 Å². The van der Waals surface area contributed by atoms with E-state index in [-0.39, 0.29) is 22.3 Å². The van der Waals surface area contributed by atoms with Gasteiger partial charge in [-0.15, -0.1) is 0 Å². The van der Waals surface area contributed by atoms with Gasteiger partial charge < -0.3 is 0 Å². The summed E-state index contributed by atoms with van der Waals surface area (Å²) in [6.07, 6.45) is 0.994. The number of hydrogen-bond acceptors (Lipinski definition) is 2. The molecule has 0 aromatic heterocycles. The number of para-hydroxylation sites is 1. The van der Waals surface area contributed by atoms with Crippen LogP contribution in [-0.4, -0.2) is 6.61 Å². The SMILES string of the molecule is CC1(C)C2=C(C[C@@H](c3ccccc3)N(c3ccccc3)OC2)C(C)(C)C1(C)C. The van der Waals surface area contributed by atoms with Crippen LogP contribution in [-0.2, 0) is 4.84 Å². The van der Waals surface area contributed by atoms with Gasteiger partial charge in [0.1, 0.15) is 0 Å². The van der Waals surface area contributed by atoms with Crippen LogP contribution in [0.3, 0.4) is 0 Å². The van der Waals surface area contributed by atoms with E-state index in [0.717, 1.165) is 12.1 Å². The predicted molar refractivity (Wildman–Crippen MR) is 117 cm³/mol. The second-order valence-corrected chi connectivity index (χ2v) is 9.90. The van der Waals surface area contributed by atoms with Gasteiger partial charge in [0.05, 0.1) is 18.3 Å². The van der Waals surface area contributed by atoms with Crippen LogP contribution in [0.2, 0.25) is 0 Å². The highest BCUT2D eigenvalue weighted by Crippen LogP contribution is 2.66. The molecule has 0 N–H and O–H groups in total. The third kappa shape index (κ3) is 2.65. The molecule has 1 heterocycles. The highest BCUT2D eigenvalue weighted by atomic mass is 16.7. The van der Waals surface area contributed by atoms with E-state index >= 15 is 0 Å². The van der Waals surface area contributed by atoms with Crippen LogP contribution in [0.25, 0.3) is 0 Å². The van der Waals surface area contributed by atoms with Gasteiger partial charge in [-0.3, -0.25) is 4.84 Å². The van der Waals surface area contributed by atoms with E-state index in [1.54, 1.807) is 5.57 Å². The molecular weight excluding hydrogens is 342 g/mol. The summed E-state index contributed by atoms with van der Waals surface area (Å²) in [6, 6.07) is 21.5. The Hall–Kier alpha value is -2.06. The van der Waals surface area contributed by atoms with Crippen molar-refractivity contribution in [1.82, 2.24) is 0 Å². The Morgan fingerprint density at radius 2 is 1.29 bits per heavy atom. The summed E-state index contributed by atoms with van der Waals surface area (Å²) in [5.74, 6) is 0. The van der Waals surface area contributed by atoms with E-state index < -0.39 is 0 Å². The van der Waals surface area contributed by atoms with E-state index in [1.165, 1.54) is 11.1 Å². The summed E-state index contributed by atoms with van der Waals surface area (Å²) in [4.78, 5) is 6.57. The van der Waals surface area contributed by atoms with Crippen molar-refractivity contribution in [3.8, 4) is 0 Å². The number of rotatable bonds is 2. The first kappa shape index (κ1) is 19.3. The zero-order valence-electron chi connectivity index (χ0n) is 18.1. The Morgan fingerprint density at radius 1 is 0.750 bits per heavy atom. The van der Waals surface area contributed by atoms with Crippen LogP contribution < -0.4 is 5.06 Å². The van der Waals surface area contributed by atoms with Gasteiger partial charge in [-0.1, -0.05) is 95.6 Å². The summed E-state index contributed by atoms with van der Waals surface area (Å²) in [7, 11) is 0. The minimum absolute atomic E-state index is 0.0970. The molecule has 1 aliphatic carbocycles. The van der Waals surface area contributed by atoms with Gasteiger partial charge in [0, 0.05) is 0 Å². The van der Waals surface area contributed by atoms with Gasteiger partial charge in [0.15, 0.2) is 0 Å². The number of anilines is 1. The highest BCUT2D eigenvalue weighted by molar-refractivity contribution is 5.49. The molecular formula is C26H33NO. The van der Waals surface area contributed by atoms with Crippen molar-refractivity contribution < 1.29 is 4.84 Å². The van der Waals surface area contributed by atoms with Gasteiger partial charge in [-0.05, 0) is 45.9 Å². The zero-order chi connectivity index (χ0) is 20.2. The normalized spacial score (nSPS) is 25.4. The molecule has 1 aliphatic heterocycles. The maximum atomic E-state index is 6.57. The molecule has 28 heavy (non-hydrogen) atoms. The Bertz CT molecular complexity index is 877. The number of hydrogen-bond donors (Lipinski definition) is 0. The molecule has 0 spiro atoms. The summed E-state index contributed by atoms with van der Waals surface area (Å²) >= 11 is 0. The highest BCUT2D eigenvalue weighted by Gasteiger charge is 2.58. The molecule has 1 atom stereocenters. The molecule has 2 aliphatic rings. The van der Waals surface area contributed by atoms with Crippen molar-refractivity contribution in [3.05, 3.63) is 77.4 Å². The topological polar surface area (TPSA) is 12.5 Å². The van der Waals surface area contributed by atoms with Crippen LogP contribution in [0.1, 0.15) is 59.6 Å². The average molecular weight is 376 g/mol. The van der Waals surface area contributed by atoms with Crippen LogP contribution in [0.15, 0.2) is 71.8 Å². The van der Waals surface area contributed by atoms with Gasteiger partial charge in [-0.25, -0.2) is 5.06 Å². The van der Waals surface area contributed by atoms with Crippen molar-refractivity contribution in [1.29, 1.82) is 0 Å². The standard InChI is InChI=1S/C26H33NO/c1-24(2)21-17-23(19-13-9-7-10-14-19)27(20-15-11-8-12-16-20)28-18-22(21)25(3,4)26(24,5)6/h7-16,23H,17-18H2,1-6H3/t23-/m0/s1. The second-order valence-electron chi connectivity index (χ2n) is 9.90. The molecule has 2 nitrogen and oxygen atoms in total. The lowest BCUT2D eigenvalue weighted by atomic mass is 9.58. The fourth-order valence-electron chi connectivity index (χ4n) is 5.19. The maximum absolute atomic E-state index is 6.57. The Kier molecular flexibility index (Phi) is 4.46. The fraction of sp³-hybridized carbons (Fsp3) is 0.462. The summed E-state index contributed by atoms with van der Waals surface area (Å²) in [5, 5.41) is 2.15. The van der Waals surface area contributed by atoms with Gasteiger partial charge >= 0.3 is 0 Å². The van der Waals surface area contributed by atoms with E-state index in [0.29, 0.717) is 6.61 Å². The third-order valence-corrected chi connectivity index (χ3v) is 8.22. The average Bonchev–Trinajstić information content (AvgIpc) is 2.85. The summed E-state index contributed by atoms with van der Waals surface area (Å²) in [5.41, 5.74) is 5.88. The molecule has 0 unspecified atom stereocenters. The largest absolute Gasteiger partial charge is 0.268 e. The molecule has 0 amide bonds. The second kappa shape index (κ2) is 6.49. The molecule has 2 aromatic carbocycles. The lowest BCUT2D eigenvalue weighted by Crippen LogP contribution is -2.41. The molecule has 2 heteroatoms. The molecule has 148 valence electrons. The number of benzene rings is 2. The molecule has 0 saturated carbocycles. The molecule has 0 fully saturated rings. The molecule has 0 saturated heterocycles. The van der Waals surface area contributed by atoms with Crippen LogP contribution in [0.5, 0.6) is 0 Å². The lowest BCUT2D eigenvalue weighted by Gasteiger charge is -2.47. The minimum Gasteiger partial charge on any atom is -0.268 e.